The van der Waals surface area contributed by atoms with E-state index in [1.807, 2.05) is 12.1 Å². The summed E-state index contributed by atoms with van der Waals surface area (Å²) >= 11 is 0. The van der Waals surface area contributed by atoms with Gasteiger partial charge in [-0.15, -0.1) is 0 Å². The van der Waals surface area contributed by atoms with Crippen LogP contribution >= 0.6 is 0 Å². The fourth-order valence-corrected chi connectivity index (χ4v) is 4.05. The summed E-state index contributed by atoms with van der Waals surface area (Å²) in [5, 5.41) is 10.2. The van der Waals surface area contributed by atoms with Gasteiger partial charge in [0.05, 0.1) is 17.7 Å². The third-order valence-electron chi connectivity index (χ3n) is 3.73. The minimum absolute atomic E-state index is 0.0713. The van der Waals surface area contributed by atoms with Gasteiger partial charge < -0.3 is 9.84 Å². The largest absolute Gasteiger partial charge is 0.507 e. The molecule has 2 aromatic carbocycles. The summed E-state index contributed by atoms with van der Waals surface area (Å²) in [5.74, 6) is 0.243. The van der Waals surface area contributed by atoms with Gasteiger partial charge >= 0.3 is 0 Å². The monoisotopic (exact) mass is 305 g/mol. The molecule has 3 rings (SSSR count). The number of para-hydroxylation sites is 1. The van der Waals surface area contributed by atoms with Crippen LogP contribution in [0.4, 0.5) is 5.69 Å². The van der Waals surface area contributed by atoms with Crippen LogP contribution in [0.25, 0.3) is 0 Å². The van der Waals surface area contributed by atoms with E-state index < -0.39 is 10.0 Å². The molecule has 2 aromatic rings. The highest BCUT2D eigenvalue weighted by Crippen LogP contribution is 2.39. The lowest BCUT2D eigenvalue weighted by molar-refractivity contribution is 0.404. The van der Waals surface area contributed by atoms with Gasteiger partial charge in [0.15, 0.2) is 0 Å². The lowest BCUT2D eigenvalue weighted by atomic mass is 10.0. The average molecular weight is 305 g/mol. The molecule has 5 nitrogen and oxygen atoms in total. The Morgan fingerprint density at radius 2 is 1.95 bits per heavy atom. The number of nitrogens with zero attached hydrogens (tertiary/aromatic N) is 1. The molecule has 110 valence electrons. The van der Waals surface area contributed by atoms with Crippen molar-refractivity contribution in [3.05, 3.63) is 47.5 Å². The van der Waals surface area contributed by atoms with Crippen molar-refractivity contribution in [2.24, 2.45) is 0 Å². The molecule has 0 aromatic heterocycles. The SMILES string of the molecule is COc1cc(O)c2c(c1)S(=O)(=O)N(C)c1ccccc1C2. The number of fused-ring (bicyclic) bond motifs is 2. The molecule has 0 unspecified atom stereocenters. The molecule has 21 heavy (non-hydrogen) atoms. The molecular formula is C15H15NO4S. The molecule has 0 aliphatic carbocycles. The van der Waals surface area contributed by atoms with Gasteiger partial charge in [0.2, 0.25) is 0 Å². The average Bonchev–Trinajstić information content (AvgIpc) is 2.55. The molecule has 0 saturated carbocycles. The van der Waals surface area contributed by atoms with Crippen molar-refractivity contribution in [1.29, 1.82) is 0 Å². The van der Waals surface area contributed by atoms with E-state index in [1.54, 1.807) is 12.1 Å². The summed E-state index contributed by atoms with van der Waals surface area (Å²) in [6.45, 7) is 0. The summed E-state index contributed by atoms with van der Waals surface area (Å²) in [5.41, 5.74) is 1.86. The summed E-state index contributed by atoms with van der Waals surface area (Å²) in [4.78, 5) is 0.0815. The van der Waals surface area contributed by atoms with Crippen molar-refractivity contribution in [3.63, 3.8) is 0 Å². The van der Waals surface area contributed by atoms with E-state index in [0.717, 1.165) is 5.56 Å². The van der Waals surface area contributed by atoms with Gasteiger partial charge in [-0.1, -0.05) is 18.2 Å². The smallest absolute Gasteiger partial charge is 0.264 e. The molecule has 0 fully saturated rings. The van der Waals surface area contributed by atoms with Crippen LogP contribution < -0.4 is 9.04 Å². The van der Waals surface area contributed by atoms with Crippen LogP contribution in [0.2, 0.25) is 0 Å². The van der Waals surface area contributed by atoms with Crippen molar-refractivity contribution >= 4 is 15.7 Å². The van der Waals surface area contributed by atoms with E-state index >= 15 is 0 Å². The summed E-state index contributed by atoms with van der Waals surface area (Å²) in [7, 11) is -0.785. The maximum atomic E-state index is 12.8. The maximum Gasteiger partial charge on any atom is 0.264 e. The van der Waals surface area contributed by atoms with Crippen LogP contribution in [-0.4, -0.2) is 27.7 Å². The molecule has 1 aliphatic rings. The third-order valence-corrected chi connectivity index (χ3v) is 5.57. The lowest BCUT2D eigenvalue weighted by Crippen LogP contribution is -2.26. The van der Waals surface area contributed by atoms with Crippen molar-refractivity contribution in [3.8, 4) is 11.5 Å². The minimum atomic E-state index is -3.73. The number of benzene rings is 2. The molecule has 0 amide bonds. The third kappa shape index (κ3) is 2.03. The van der Waals surface area contributed by atoms with Crippen LogP contribution in [0.5, 0.6) is 11.5 Å². The molecule has 0 atom stereocenters. The Morgan fingerprint density at radius 1 is 1.24 bits per heavy atom. The molecule has 0 radical (unpaired) electrons. The predicted octanol–water partition coefficient (Wildman–Crippen LogP) is 2.13. The highest BCUT2D eigenvalue weighted by atomic mass is 32.2. The van der Waals surface area contributed by atoms with Gasteiger partial charge in [-0.05, 0) is 11.6 Å². The predicted molar refractivity (Wildman–Crippen MR) is 79.5 cm³/mol. The number of methoxy groups -OCH3 is 1. The zero-order valence-corrected chi connectivity index (χ0v) is 12.5. The topological polar surface area (TPSA) is 66.8 Å². The number of hydrogen-bond acceptors (Lipinski definition) is 4. The summed E-state index contributed by atoms with van der Waals surface area (Å²) < 4.78 is 31.8. The van der Waals surface area contributed by atoms with Gasteiger partial charge in [-0.3, -0.25) is 4.31 Å². The van der Waals surface area contributed by atoms with Gasteiger partial charge in [0, 0.05) is 31.2 Å². The minimum Gasteiger partial charge on any atom is -0.507 e. The summed E-state index contributed by atoms with van der Waals surface area (Å²) in [6.07, 6.45) is 0.352. The molecule has 0 saturated heterocycles. The molecule has 0 spiro atoms. The quantitative estimate of drug-likeness (QED) is 0.876. The Morgan fingerprint density at radius 3 is 2.67 bits per heavy atom. The fourth-order valence-electron chi connectivity index (χ4n) is 2.57. The van der Waals surface area contributed by atoms with E-state index in [0.29, 0.717) is 23.4 Å². The second-order valence-electron chi connectivity index (χ2n) is 4.90. The Bertz CT molecular complexity index is 814. The second-order valence-corrected chi connectivity index (χ2v) is 6.84. The number of phenols is 1. The highest BCUT2D eigenvalue weighted by molar-refractivity contribution is 7.92. The first-order valence-corrected chi connectivity index (χ1v) is 7.86. The number of aromatic hydroxyl groups is 1. The molecule has 1 N–H and O–H groups in total. The first-order chi connectivity index (χ1) is 9.95. The van der Waals surface area contributed by atoms with Crippen LogP contribution in [-0.2, 0) is 16.4 Å². The highest BCUT2D eigenvalue weighted by Gasteiger charge is 2.31. The van der Waals surface area contributed by atoms with Gasteiger partial charge in [0.1, 0.15) is 11.5 Å². The Labute approximate surface area is 123 Å². The van der Waals surface area contributed by atoms with Crippen LogP contribution in [0.15, 0.2) is 41.3 Å². The zero-order chi connectivity index (χ0) is 15.2. The van der Waals surface area contributed by atoms with E-state index in [2.05, 4.69) is 0 Å². The van der Waals surface area contributed by atoms with E-state index in [1.165, 1.54) is 30.6 Å². The Kier molecular flexibility index (Phi) is 3.06. The number of anilines is 1. The molecular weight excluding hydrogens is 290 g/mol. The molecule has 0 bridgehead atoms. The van der Waals surface area contributed by atoms with Crippen molar-refractivity contribution in [1.82, 2.24) is 0 Å². The lowest BCUT2D eigenvalue weighted by Gasteiger charge is -2.19. The van der Waals surface area contributed by atoms with E-state index in [9.17, 15) is 13.5 Å². The van der Waals surface area contributed by atoms with E-state index in [4.69, 9.17) is 4.74 Å². The Hall–Kier alpha value is -2.21. The fraction of sp³-hybridized carbons (Fsp3) is 0.200. The zero-order valence-electron chi connectivity index (χ0n) is 11.7. The standard InChI is InChI=1S/C15H15NO4S/c1-16-13-6-4-3-5-10(13)7-12-14(17)8-11(20-2)9-15(12)21(16,18)19/h3-6,8-9,17H,7H2,1-2H3. The number of phenolic OH excluding ortho intramolecular Hbond substituents is 1. The maximum absolute atomic E-state index is 12.8. The van der Waals surface area contributed by atoms with Crippen LogP contribution in [0.3, 0.4) is 0 Å². The second kappa shape index (κ2) is 4.66. The number of sulfonamides is 1. The number of rotatable bonds is 1. The first-order valence-electron chi connectivity index (χ1n) is 6.42. The molecule has 6 heteroatoms. The normalized spacial score (nSPS) is 15.8. The van der Waals surface area contributed by atoms with Crippen molar-refractivity contribution in [2.75, 3.05) is 18.5 Å². The van der Waals surface area contributed by atoms with Crippen molar-refractivity contribution in [2.45, 2.75) is 11.3 Å². The molecule has 1 aliphatic heterocycles. The van der Waals surface area contributed by atoms with Crippen LogP contribution in [0.1, 0.15) is 11.1 Å². The first kappa shape index (κ1) is 13.8. The van der Waals surface area contributed by atoms with Crippen molar-refractivity contribution < 1.29 is 18.3 Å². The number of ether oxygens (including phenoxy) is 1. The van der Waals surface area contributed by atoms with Gasteiger partial charge in [-0.25, -0.2) is 8.42 Å². The number of hydrogen-bond donors (Lipinski definition) is 1. The van der Waals surface area contributed by atoms with E-state index in [-0.39, 0.29) is 10.6 Å². The molecule has 1 heterocycles. The van der Waals surface area contributed by atoms with Gasteiger partial charge in [-0.2, -0.15) is 0 Å². The van der Waals surface area contributed by atoms with Gasteiger partial charge in [0.25, 0.3) is 10.0 Å². The summed E-state index contributed by atoms with van der Waals surface area (Å²) in [6, 6.07) is 10.1. The van der Waals surface area contributed by atoms with Crippen LogP contribution in [0, 0.1) is 0 Å². The Balaban J connectivity index is 2.35.